The van der Waals surface area contributed by atoms with Crippen molar-refractivity contribution in [1.82, 2.24) is 15.0 Å². The minimum absolute atomic E-state index is 0.682. The standard InChI is InChI=1S/C27H18BrN3/c28-26-13-7-12-23(29-26)25-18-24(30-27(31-25)22-10-5-2-6-11-22)21-16-14-20(15-17-21)19-8-3-1-4-9-19/h1-18H. The molecule has 0 aliphatic carbocycles. The van der Waals surface area contributed by atoms with E-state index in [1.54, 1.807) is 0 Å². The molecule has 0 bridgehead atoms. The number of hydrogen-bond acceptors (Lipinski definition) is 3. The summed E-state index contributed by atoms with van der Waals surface area (Å²) in [6, 6.07) is 36.7. The molecule has 3 nitrogen and oxygen atoms in total. The monoisotopic (exact) mass is 463 g/mol. The van der Waals surface area contributed by atoms with Gasteiger partial charge in [-0.25, -0.2) is 15.0 Å². The fraction of sp³-hybridized carbons (Fsp3) is 0. The van der Waals surface area contributed by atoms with Gasteiger partial charge in [-0.05, 0) is 45.3 Å². The van der Waals surface area contributed by atoms with E-state index in [4.69, 9.17) is 9.97 Å². The van der Waals surface area contributed by atoms with Gasteiger partial charge in [-0.15, -0.1) is 0 Å². The molecule has 0 saturated heterocycles. The number of hydrogen-bond donors (Lipinski definition) is 0. The largest absolute Gasteiger partial charge is 0.239 e. The molecule has 0 unspecified atom stereocenters. The van der Waals surface area contributed by atoms with Gasteiger partial charge in [0, 0.05) is 11.1 Å². The molecule has 0 N–H and O–H groups in total. The maximum atomic E-state index is 4.87. The SMILES string of the molecule is Brc1cccc(-c2cc(-c3ccc(-c4ccccc4)cc3)nc(-c3ccccc3)n2)n1. The van der Waals surface area contributed by atoms with Crippen LogP contribution >= 0.6 is 15.9 Å². The second kappa shape index (κ2) is 8.62. The molecule has 3 aromatic carbocycles. The Kier molecular flexibility index (Phi) is 5.38. The van der Waals surface area contributed by atoms with Crippen LogP contribution in [0.5, 0.6) is 0 Å². The van der Waals surface area contributed by atoms with Gasteiger partial charge < -0.3 is 0 Å². The number of nitrogens with zero attached hydrogens (tertiary/aromatic N) is 3. The Morgan fingerprint density at radius 1 is 0.419 bits per heavy atom. The number of pyridine rings is 1. The van der Waals surface area contributed by atoms with Crippen LogP contribution in [-0.4, -0.2) is 15.0 Å². The van der Waals surface area contributed by atoms with Crippen LogP contribution < -0.4 is 0 Å². The van der Waals surface area contributed by atoms with Crippen LogP contribution in [-0.2, 0) is 0 Å². The van der Waals surface area contributed by atoms with Crippen LogP contribution in [0.25, 0.3) is 45.2 Å². The molecular weight excluding hydrogens is 446 g/mol. The van der Waals surface area contributed by atoms with Gasteiger partial charge >= 0.3 is 0 Å². The van der Waals surface area contributed by atoms with Crippen LogP contribution in [0, 0.1) is 0 Å². The Labute approximate surface area is 189 Å². The molecule has 0 atom stereocenters. The molecule has 0 fully saturated rings. The molecule has 0 aliphatic rings. The molecule has 0 saturated carbocycles. The highest BCUT2D eigenvalue weighted by Gasteiger charge is 2.11. The summed E-state index contributed by atoms with van der Waals surface area (Å²) in [6.45, 7) is 0. The van der Waals surface area contributed by atoms with Crippen molar-refractivity contribution < 1.29 is 0 Å². The van der Waals surface area contributed by atoms with Gasteiger partial charge in [0.05, 0.1) is 17.1 Å². The van der Waals surface area contributed by atoms with E-state index < -0.39 is 0 Å². The molecule has 148 valence electrons. The third kappa shape index (κ3) is 4.30. The fourth-order valence-electron chi connectivity index (χ4n) is 3.46. The number of aromatic nitrogens is 3. The summed E-state index contributed by atoms with van der Waals surface area (Å²) in [7, 11) is 0. The van der Waals surface area contributed by atoms with Gasteiger partial charge in [-0.3, -0.25) is 0 Å². The molecule has 0 aliphatic heterocycles. The quantitative estimate of drug-likeness (QED) is 0.262. The van der Waals surface area contributed by atoms with E-state index in [1.807, 2.05) is 60.7 Å². The van der Waals surface area contributed by atoms with Gasteiger partial charge in [-0.2, -0.15) is 0 Å². The highest BCUT2D eigenvalue weighted by molar-refractivity contribution is 9.10. The van der Waals surface area contributed by atoms with Crippen molar-refractivity contribution >= 4 is 15.9 Å². The van der Waals surface area contributed by atoms with Crippen molar-refractivity contribution in [3.8, 4) is 45.2 Å². The molecule has 2 heterocycles. The first-order chi connectivity index (χ1) is 15.3. The highest BCUT2D eigenvalue weighted by Crippen LogP contribution is 2.29. The van der Waals surface area contributed by atoms with Gasteiger partial charge in [0.1, 0.15) is 4.60 Å². The molecule has 4 heteroatoms. The lowest BCUT2D eigenvalue weighted by atomic mass is 10.0. The Bertz CT molecular complexity index is 1320. The van der Waals surface area contributed by atoms with Gasteiger partial charge in [0.2, 0.25) is 0 Å². The zero-order valence-corrected chi connectivity index (χ0v) is 18.2. The predicted octanol–water partition coefficient (Wildman–Crippen LogP) is 7.30. The van der Waals surface area contributed by atoms with Crippen molar-refractivity contribution in [2.75, 3.05) is 0 Å². The minimum atomic E-state index is 0.682. The number of halogens is 1. The lowest BCUT2D eigenvalue weighted by Gasteiger charge is -2.10. The first-order valence-electron chi connectivity index (χ1n) is 9.99. The number of benzene rings is 3. The van der Waals surface area contributed by atoms with Crippen molar-refractivity contribution in [1.29, 1.82) is 0 Å². The third-order valence-electron chi connectivity index (χ3n) is 5.02. The molecule has 0 amide bonds. The fourth-order valence-corrected chi connectivity index (χ4v) is 3.80. The molecule has 5 rings (SSSR count). The average Bonchev–Trinajstić information content (AvgIpc) is 2.85. The predicted molar refractivity (Wildman–Crippen MR) is 129 cm³/mol. The summed E-state index contributed by atoms with van der Waals surface area (Å²) in [5.74, 6) is 0.682. The van der Waals surface area contributed by atoms with E-state index in [0.717, 1.165) is 32.8 Å². The molecule has 31 heavy (non-hydrogen) atoms. The number of rotatable bonds is 4. The summed E-state index contributed by atoms with van der Waals surface area (Å²) in [6.07, 6.45) is 0. The molecular formula is C27H18BrN3. The van der Waals surface area contributed by atoms with E-state index in [9.17, 15) is 0 Å². The van der Waals surface area contributed by atoms with E-state index in [0.29, 0.717) is 5.82 Å². The van der Waals surface area contributed by atoms with Crippen LogP contribution in [0.15, 0.2) is 114 Å². The lowest BCUT2D eigenvalue weighted by Crippen LogP contribution is -1.97. The van der Waals surface area contributed by atoms with Crippen molar-refractivity contribution in [2.24, 2.45) is 0 Å². The molecule has 5 aromatic rings. The minimum Gasteiger partial charge on any atom is -0.239 e. The second-order valence-electron chi connectivity index (χ2n) is 7.12. The Morgan fingerprint density at radius 2 is 1.00 bits per heavy atom. The van der Waals surface area contributed by atoms with Crippen molar-refractivity contribution in [3.63, 3.8) is 0 Å². The van der Waals surface area contributed by atoms with Gasteiger partial charge in [0.15, 0.2) is 5.82 Å². The summed E-state index contributed by atoms with van der Waals surface area (Å²) >= 11 is 3.46. The van der Waals surface area contributed by atoms with Gasteiger partial charge in [0.25, 0.3) is 0 Å². The highest BCUT2D eigenvalue weighted by atomic mass is 79.9. The first kappa shape index (κ1) is 19.3. The molecule has 2 aromatic heterocycles. The van der Waals surface area contributed by atoms with E-state index in [-0.39, 0.29) is 0 Å². The van der Waals surface area contributed by atoms with Crippen molar-refractivity contribution in [3.05, 3.63) is 114 Å². The molecule has 0 spiro atoms. The zero-order chi connectivity index (χ0) is 21.0. The maximum absolute atomic E-state index is 4.87. The van der Waals surface area contributed by atoms with E-state index in [1.165, 1.54) is 11.1 Å². The van der Waals surface area contributed by atoms with Crippen LogP contribution in [0.2, 0.25) is 0 Å². The van der Waals surface area contributed by atoms with Gasteiger partial charge in [-0.1, -0.05) is 91.0 Å². The lowest BCUT2D eigenvalue weighted by molar-refractivity contribution is 1.16. The van der Waals surface area contributed by atoms with E-state index >= 15 is 0 Å². The topological polar surface area (TPSA) is 38.7 Å². The molecule has 0 radical (unpaired) electrons. The smallest absolute Gasteiger partial charge is 0.160 e. The summed E-state index contributed by atoms with van der Waals surface area (Å²) in [5, 5.41) is 0. The second-order valence-corrected chi connectivity index (χ2v) is 7.93. The van der Waals surface area contributed by atoms with Crippen LogP contribution in [0.1, 0.15) is 0 Å². The van der Waals surface area contributed by atoms with E-state index in [2.05, 4.69) is 69.4 Å². The van der Waals surface area contributed by atoms with Crippen molar-refractivity contribution in [2.45, 2.75) is 0 Å². The first-order valence-corrected chi connectivity index (χ1v) is 10.8. The Balaban J connectivity index is 1.61. The summed E-state index contributed by atoms with van der Waals surface area (Å²) in [4.78, 5) is 14.3. The average molecular weight is 464 g/mol. The third-order valence-corrected chi connectivity index (χ3v) is 5.47. The Hall–Kier alpha value is -3.63. The Morgan fingerprint density at radius 3 is 1.68 bits per heavy atom. The normalized spacial score (nSPS) is 10.7. The summed E-state index contributed by atoms with van der Waals surface area (Å²) in [5.41, 5.74) is 6.84. The zero-order valence-electron chi connectivity index (χ0n) is 16.6. The summed E-state index contributed by atoms with van der Waals surface area (Å²) < 4.78 is 0.777. The maximum Gasteiger partial charge on any atom is 0.160 e. The van der Waals surface area contributed by atoms with Crippen LogP contribution in [0.4, 0.5) is 0 Å². The van der Waals surface area contributed by atoms with Crippen LogP contribution in [0.3, 0.4) is 0 Å².